The smallest absolute Gasteiger partial charge is 0.238 e. The molecule has 0 atom stereocenters. The van der Waals surface area contributed by atoms with Crippen molar-refractivity contribution in [1.29, 1.82) is 0 Å². The lowest BCUT2D eigenvalue weighted by atomic mass is 10.3. The van der Waals surface area contributed by atoms with E-state index in [1.54, 1.807) is 29.2 Å². The third kappa shape index (κ3) is 6.01. The van der Waals surface area contributed by atoms with E-state index in [2.05, 4.69) is 5.32 Å². The standard InChI is InChI=1S/C14H22N2O4/c1-2-20-13-5-3-12(4-6-13)15-14(19)11-16(7-9-17)8-10-18/h3-6,17-18H,2,7-11H2,1H3,(H,15,19). The second kappa shape index (κ2) is 9.30. The Morgan fingerprint density at radius 2 is 1.80 bits per heavy atom. The molecule has 6 nitrogen and oxygen atoms in total. The first kappa shape index (κ1) is 16.4. The molecular weight excluding hydrogens is 260 g/mol. The highest BCUT2D eigenvalue weighted by molar-refractivity contribution is 5.92. The van der Waals surface area contributed by atoms with Gasteiger partial charge in [0.25, 0.3) is 0 Å². The Morgan fingerprint density at radius 3 is 2.30 bits per heavy atom. The average Bonchev–Trinajstić information content (AvgIpc) is 2.42. The number of anilines is 1. The van der Waals surface area contributed by atoms with Gasteiger partial charge in [0, 0.05) is 18.8 Å². The van der Waals surface area contributed by atoms with Crippen LogP contribution in [0.2, 0.25) is 0 Å². The zero-order chi connectivity index (χ0) is 14.8. The van der Waals surface area contributed by atoms with Crippen LogP contribution in [0.15, 0.2) is 24.3 Å². The first-order valence-corrected chi connectivity index (χ1v) is 6.66. The van der Waals surface area contributed by atoms with E-state index in [1.807, 2.05) is 6.92 Å². The van der Waals surface area contributed by atoms with Gasteiger partial charge in [0.1, 0.15) is 5.75 Å². The summed E-state index contributed by atoms with van der Waals surface area (Å²) in [5.41, 5.74) is 0.686. The van der Waals surface area contributed by atoms with Gasteiger partial charge in [-0.2, -0.15) is 0 Å². The summed E-state index contributed by atoms with van der Waals surface area (Å²) in [7, 11) is 0. The zero-order valence-corrected chi connectivity index (χ0v) is 11.7. The van der Waals surface area contributed by atoms with Crippen molar-refractivity contribution in [1.82, 2.24) is 4.90 Å². The van der Waals surface area contributed by atoms with Crippen molar-refractivity contribution in [3.63, 3.8) is 0 Å². The van der Waals surface area contributed by atoms with Crippen LogP contribution in [0, 0.1) is 0 Å². The van der Waals surface area contributed by atoms with Crippen LogP contribution in [0.3, 0.4) is 0 Å². The molecule has 0 bridgehead atoms. The molecule has 0 heterocycles. The van der Waals surface area contributed by atoms with E-state index in [9.17, 15) is 4.79 Å². The third-order valence-corrected chi connectivity index (χ3v) is 2.65. The lowest BCUT2D eigenvalue weighted by Gasteiger charge is -2.19. The predicted molar refractivity (Wildman–Crippen MR) is 76.9 cm³/mol. The number of ether oxygens (including phenoxy) is 1. The summed E-state index contributed by atoms with van der Waals surface area (Å²) >= 11 is 0. The monoisotopic (exact) mass is 282 g/mol. The minimum absolute atomic E-state index is 0.0453. The fourth-order valence-electron chi connectivity index (χ4n) is 1.76. The van der Waals surface area contributed by atoms with E-state index in [-0.39, 0.29) is 25.7 Å². The van der Waals surface area contributed by atoms with Gasteiger partial charge >= 0.3 is 0 Å². The number of hydrogen-bond donors (Lipinski definition) is 3. The van der Waals surface area contributed by atoms with Gasteiger partial charge in [0.05, 0.1) is 26.4 Å². The molecule has 3 N–H and O–H groups in total. The number of rotatable bonds is 9. The molecule has 0 aliphatic carbocycles. The van der Waals surface area contributed by atoms with Crippen LogP contribution < -0.4 is 10.1 Å². The molecule has 0 unspecified atom stereocenters. The molecule has 20 heavy (non-hydrogen) atoms. The highest BCUT2D eigenvalue weighted by Crippen LogP contribution is 2.15. The molecule has 1 amide bonds. The van der Waals surface area contributed by atoms with E-state index < -0.39 is 0 Å². The number of nitrogens with one attached hydrogen (secondary N) is 1. The molecule has 112 valence electrons. The Balaban J connectivity index is 2.47. The van der Waals surface area contributed by atoms with E-state index >= 15 is 0 Å². The maximum Gasteiger partial charge on any atom is 0.238 e. The normalized spacial score (nSPS) is 10.6. The first-order chi connectivity index (χ1) is 9.69. The molecule has 6 heteroatoms. The summed E-state index contributed by atoms with van der Waals surface area (Å²) in [6.07, 6.45) is 0. The second-order valence-electron chi connectivity index (χ2n) is 4.23. The van der Waals surface area contributed by atoms with Crippen molar-refractivity contribution >= 4 is 11.6 Å². The van der Waals surface area contributed by atoms with Crippen molar-refractivity contribution in [2.75, 3.05) is 44.8 Å². The van der Waals surface area contributed by atoms with Crippen LogP contribution in [0.25, 0.3) is 0 Å². The van der Waals surface area contributed by atoms with E-state index in [0.29, 0.717) is 25.4 Å². The Bertz CT molecular complexity index is 389. The second-order valence-corrected chi connectivity index (χ2v) is 4.23. The van der Waals surface area contributed by atoms with Crippen molar-refractivity contribution in [3.8, 4) is 5.75 Å². The molecule has 0 aromatic heterocycles. The van der Waals surface area contributed by atoms with E-state index in [1.165, 1.54) is 0 Å². The predicted octanol–water partition coefficient (Wildman–Crippen LogP) is 0.310. The Kier molecular flexibility index (Phi) is 7.64. The van der Waals surface area contributed by atoms with Gasteiger partial charge < -0.3 is 20.3 Å². The topological polar surface area (TPSA) is 82.0 Å². The minimum atomic E-state index is -0.184. The SMILES string of the molecule is CCOc1ccc(NC(=O)CN(CCO)CCO)cc1. The molecule has 0 aliphatic heterocycles. The van der Waals surface area contributed by atoms with Gasteiger partial charge in [-0.15, -0.1) is 0 Å². The number of aliphatic hydroxyl groups excluding tert-OH is 2. The van der Waals surface area contributed by atoms with Crippen LogP contribution in [-0.2, 0) is 4.79 Å². The highest BCUT2D eigenvalue weighted by Gasteiger charge is 2.10. The fraction of sp³-hybridized carbons (Fsp3) is 0.500. The molecular formula is C14H22N2O4. The van der Waals surface area contributed by atoms with Crippen molar-refractivity contribution in [3.05, 3.63) is 24.3 Å². The molecule has 0 spiro atoms. The summed E-state index contributed by atoms with van der Waals surface area (Å²) in [4.78, 5) is 13.5. The maximum absolute atomic E-state index is 11.8. The molecule has 0 aliphatic rings. The van der Waals surface area contributed by atoms with E-state index in [4.69, 9.17) is 14.9 Å². The van der Waals surface area contributed by atoms with Crippen molar-refractivity contribution < 1.29 is 19.7 Å². The number of carbonyl (C=O) groups excluding carboxylic acids is 1. The molecule has 1 aromatic carbocycles. The van der Waals surface area contributed by atoms with Gasteiger partial charge in [-0.25, -0.2) is 0 Å². The highest BCUT2D eigenvalue weighted by atomic mass is 16.5. The van der Waals surface area contributed by atoms with Crippen LogP contribution in [0.5, 0.6) is 5.75 Å². The summed E-state index contributed by atoms with van der Waals surface area (Å²) in [6.45, 7) is 3.27. The van der Waals surface area contributed by atoms with Gasteiger partial charge in [0.15, 0.2) is 0 Å². The molecule has 0 saturated carbocycles. The lowest BCUT2D eigenvalue weighted by Crippen LogP contribution is -2.37. The third-order valence-electron chi connectivity index (χ3n) is 2.65. The van der Waals surface area contributed by atoms with E-state index in [0.717, 1.165) is 5.75 Å². The summed E-state index contributed by atoms with van der Waals surface area (Å²) < 4.78 is 5.32. The number of amides is 1. The Labute approximate surface area is 119 Å². The molecule has 1 aromatic rings. The number of benzene rings is 1. The summed E-state index contributed by atoms with van der Waals surface area (Å²) in [5.74, 6) is 0.573. The summed E-state index contributed by atoms with van der Waals surface area (Å²) in [6, 6.07) is 7.12. The number of nitrogens with zero attached hydrogens (tertiary/aromatic N) is 1. The van der Waals surface area contributed by atoms with Crippen LogP contribution in [0.4, 0.5) is 5.69 Å². The minimum Gasteiger partial charge on any atom is -0.494 e. The first-order valence-electron chi connectivity index (χ1n) is 6.66. The van der Waals surface area contributed by atoms with Crippen molar-refractivity contribution in [2.24, 2.45) is 0 Å². The number of carbonyl (C=O) groups is 1. The maximum atomic E-state index is 11.8. The van der Waals surface area contributed by atoms with Crippen LogP contribution >= 0.6 is 0 Å². The fourth-order valence-corrected chi connectivity index (χ4v) is 1.76. The molecule has 0 saturated heterocycles. The Morgan fingerprint density at radius 1 is 1.20 bits per heavy atom. The van der Waals surface area contributed by atoms with Gasteiger partial charge in [0.2, 0.25) is 5.91 Å². The molecule has 0 radical (unpaired) electrons. The van der Waals surface area contributed by atoms with Gasteiger partial charge in [-0.05, 0) is 31.2 Å². The Hall–Kier alpha value is -1.63. The summed E-state index contributed by atoms with van der Waals surface area (Å²) in [5, 5.41) is 20.5. The molecule has 1 rings (SSSR count). The lowest BCUT2D eigenvalue weighted by molar-refractivity contribution is -0.117. The largest absolute Gasteiger partial charge is 0.494 e. The van der Waals surface area contributed by atoms with Crippen LogP contribution in [-0.4, -0.2) is 60.5 Å². The van der Waals surface area contributed by atoms with Crippen molar-refractivity contribution in [2.45, 2.75) is 6.92 Å². The number of hydrogen-bond acceptors (Lipinski definition) is 5. The number of aliphatic hydroxyl groups is 2. The van der Waals surface area contributed by atoms with Crippen LogP contribution in [0.1, 0.15) is 6.92 Å². The molecule has 0 fully saturated rings. The average molecular weight is 282 g/mol. The zero-order valence-electron chi connectivity index (χ0n) is 11.7. The quantitative estimate of drug-likeness (QED) is 0.607. The van der Waals surface area contributed by atoms with Gasteiger partial charge in [-0.1, -0.05) is 0 Å². The van der Waals surface area contributed by atoms with Gasteiger partial charge in [-0.3, -0.25) is 9.69 Å².